The summed E-state index contributed by atoms with van der Waals surface area (Å²) in [7, 11) is 1.63. The first-order valence-electron chi connectivity index (χ1n) is 7.11. The van der Waals surface area contributed by atoms with Crippen molar-refractivity contribution in [3.8, 4) is 5.75 Å². The number of carbonyl (C=O) groups is 1. The van der Waals surface area contributed by atoms with E-state index in [0.717, 1.165) is 50.1 Å². The van der Waals surface area contributed by atoms with Gasteiger partial charge in [0, 0.05) is 17.5 Å². The molecule has 0 aliphatic carbocycles. The molecular weight excluding hydrogens is 238 g/mol. The van der Waals surface area contributed by atoms with E-state index in [2.05, 4.69) is 12.2 Å². The number of ether oxygens (including phenoxy) is 1. The number of benzene rings is 1. The summed E-state index contributed by atoms with van der Waals surface area (Å²) in [5.74, 6) is 1.02. The van der Waals surface area contributed by atoms with Crippen LogP contribution in [-0.4, -0.2) is 26.0 Å². The summed E-state index contributed by atoms with van der Waals surface area (Å²) in [6, 6.07) is 7.52. The molecule has 0 amide bonds. The minimum atomic E-state index is -0.223. The maximum atomic E-state index is 12.9. The summed E-state index contributed by atoms with van der Waals surface area (Å²) in [5.41, 5.74) is 0.552. The number of Topliss-reactive ketones (excluding diaryl/α,β-unsaturated/α-hetero) is 1. The summed E-state index contributed by atoms with van der Waals surface area (Å²) >= 11 is 0. The van der Waals surface area contributed by atoms with Gasteiger partial charge in [0.15, 0.2) is 5.78 Å². The van der Waals surface area contributed by atoms with Gasteiger partial charge in [-0.1, -0.05) is 25.5 Å². The van der Waals surface area contributed by atoms with Crippen LogP contribution in [0.15, 0.2) is 24.3 Å². The lowest BCUT2D eigenvalue weighted by atomic mass is 9.71. The molecule has 0 bridgehead atoms. The van der Waals surface area contributed by atoms with Crippen molar-refractivity contribution >= 4 is 5.78 Å². The normalized spacial score (nSPS) is 23.1. The van der Waals surface area contributed by atoms with Gasteiger partial charge in [-0.15, -0.1) is 0 Å². The number of hydrogen-bond acceptors (Lipinski definition) is 3. The van der Waals surface area contributed by atoms with Crippen LogP contribution < -0.4 is 10.1 Å². The maximum Gasteiger partial charge on any atom is 0.170 e. The third-order valence-electron chi connectivity index (χ3n) is 4.01. The Morgan fingerprint density at radius 1 is 1.47 bits per heavy atom. The summed E-state index contributed by atoms with van der Waals surface area (Å²) < 4.78 is 5.22. The van der Waals surface area contributed by atoms with E-state index in [1.807, 2.05) is 24.3 Å². The number of ketones is 1. The lowest BCUT2D eigenvalue weighted by Gasteiger charge is -2.36. The number of rotatable bonds is 5. The molecule has 1 fully saturated rings. The monoisotopic (exact) mass is 261 g/mol. The predicted molar refractivity (Wildman–Crippen MR) is 76.8 cm³/mol. The third-order valence-corrected chi connectivity index (χ3v) is 4.01. The van der Waals surface area contributed by atoms with Gasteiger partial charge in [0.2, 0.25) is 0 Å². The zero-order chi connectivity index (χ0) is 13.7. The first-order chi connectivity index (χ1) is 9.22. The van der Waals surface area contributed by atoms with Gasteiger partial charge in [-0.25, -0.2) is 0 Å². The Morgan fingerprint density at radius 3 is 2.95 bits per heavy atom. The molecule has 1 aliphatic heterocycles. The van der Waals surface area contributed by atoms with Crippen molar-refractivity contribution in [2.45, 2.75) is 32.6 Å². The van der Waals surface area contributed by atoms with Gasteiger partial charge in [0.1, 0.15) is 5.75 Å². The standard InChI is InChI=1S/C16H23NO2/c1-3-8-16(9-5-10-17-12-16)15(18)13-6-4-7-14(11-13)19-2/h4,6-7,11,17H,3,5,8-10,12H2,1-2H3. The molecule has 2 rings (SSSR count). The highest BCUT2D eigenvalue weighted by Crippen LogP contribution is 2.35. The zero-order valence-electron chi connectivity index (χ0n) is 11.9. The van der Waals surface area contributed by atoms with Crippen molar-refractivity contribution in [3.63, 3.8) is 0 Å². The Morgan fingerprint density at radius 2 is 2.32 bits per heavy atom. The van der Waals surface area contributed by atoms with Crippen molar-refractivity contribution in [3.05, 3.63) is 29.8 Å². The quantitative estimate of drug-likeness (QED) is 0.828. The van der Waals surface area contributed by atoms with Crippen LogP contribution in [0.25, 0.3) is 0 Å². The lowest BCUT2D eigenvalue weighted by molar-refractivity contribution is 0.0717. The fourth-order valence-corrected chi connectivity index (χ4v) is 3.04. The van der Waals surface area contributed by atoms with E-state index in [0.29, 0.717) is 0 Å². The maximum absolute atomic E-state index is 12.9. The molecule has 1 unspecified atom stereocenters. The molecule has 3 heteroatoms. The molecule has 1 aliphatic rings. The average Bonchev–Trinajstić information content (AvgIpc) is 2.48. The molecule has 0 radical (unpaired) electrons. The molecule has 1 saturated heterocycles. The number of nitrogens with one attached hydrogen (secondary N) is 1. The summed E-state index contributed by atoms with van der Waals surface area (Å²) in [6.45, 7) is 3.98. The van der Waals surface area contributed by atoms with Crippen LogP contribution in [-0.2, 0) is 0 Å². The van der Waals surface area contributed by atoms with Crippen LogP contribution in [0.4, 0.5) is 0 Å². The van der Waals surface area contributed by atoms with Crippen molar-refractivity contribution in [2.75, 3.05) is 20.2 Å². The van der Waals surface area contributed by atoms with Crippen LogP contribution >= 0.6 is 0 Å². The Hall–Kier alpha value is -1.35. The number of methoxy groups -OCH3 is 1. The Kier molecular flexibility index (Phi) is 4.59. The Bertz CT molecular complexity index is 431. The number of piperidine rings is 1. The van der Waals surface area contributed by atoms with Gasteiger partial charge in [0.25, 0.3) is 0 Å². The van der Waals surface area contributed by atoms with Gasteiger partial charge in [0.05, 0.1) is 7.11 Å². The van der Waals surface area contributed by atoms with Gasteiger partial charge in [-0.2, -0.15) is 0 Å². The molecule has 0 aromatic heterocycles. The van der Waals surface area contributed by atoms with E-state index >= 15 is 0 Å². The van der Waals surface area contributed by atoms with Gasteiger partial charge in [-0.05, 0) is 37.9 Å². The van der Waals surface area contributed by atoms with E-state index in [4.69, 9.17) is 4.74 Å². The van der Waals surface area contributed by atoms with Crippen molar-refractivity contribution in [2.24, 2.45) is 5.41 Å². The minimum absolute atomic E-state index is 0.223. The van der Waals surface area contributed by atoms with Crippen molar-refractivity contribution < 1.29 is 9.53 Å². The Labute approximate surface area is 115 Å². The molecule has 104 valence electrons. The summed E-state index contributed by atoms with van der Waals surface area (Å²) in [5, 5.41) is 3.39. The van der Waals surface area contributed by atoms with E-state index in [1.165, 1.54) is 0 Å². The van der Waals surface area contributed by atoms with Gasteiger partial charge in [-0.3, -0.25) is 4.79 Å². The average molecular weight is 261 g/mol. The van der Waals surface area contributed by atoms with Crippen molar-refractivity contribution in [1.29, 1.82) is 0 Å². The van der Waals surface area contributed by atoms with E-state index in [-0.39, 0.29) is 11.2 Å². The minimum Gasteiger partial charge on any atom is -0.497 e. The van der Waals surface area contributed by atoms with Crippen LogP contribution in [0.5, 0.6) is 5.75 Å². The summed E-state index contributed by atoms with van der Waals surface area (Å²) in [4.78, 5) is 12.9. The largest absolute Gasteiger partial charge is 0.497 e. The molecule has 1 heterocycles. The third kappa shape index (κ3) is 2.98. The van der Waals surface area contributed by atoms with E-state index in [9.17, 15) is 4.79 Å². The molecule has 1 aromatic carbocycles. The van der Waals surface area contributed by atoms with E-state index < -0.39 is 0 Å². The highest BCUT2D eigenvalue weighted by molar-refractivity contribution is 6.01. The van der Waals surface area contributed by atoms with Crippen molar-refractivity contribution in [1.82, 2.24) is 5.32 Å². The molecule has 1 N–H and O–H groups in total. The highest BCUT2D eigenvalue weighted by atomic mass is 16.5. The molecule has 1 aromatic rings. The van der Waals surface area contributed by atoms with Crippen LogP contribution in [0.3, 0.4) is 0 Å². The first kappa shape index (κ1) is 14.1. The Balaban J connectivity index is 2.27. The van der Waals surface area contributed by atoms with E-state index in [1.54, 1.807) is 7.11 Å². The molecule has 0 saturated carbocycles. The molecule has 3 nitrogen and oxygen atoms in total. The molecular formula is C16H23NO2. The number of carbonyl (C=O) groups excluding carboxylic acids is 1. The van der Waals surface area contributed by atoms with Gasteiger partial charge >= 0.3 is 0 Å². The topological polar surface area (TPSA) is 38.3 Å². The summed E-state index contributed by atoms with van der Waals surface area (Å²) in [6.07, 6.45) is 4.06. The SMILES string of the molecule is CCCC1(C(=O)c2cccc(OC)c2)CCCNC1. The van der Waals surface area contributed by atoms with Crippen LogP contribution in [0, 0.1) is 5.41 Å². The molecule has 0 spiro atoms. The second-order valence-corrected chi connectivity index (χ2v) is 5.37. The second kappa shape index (κ2) is 6.20. The van der Waals surface area contributed by atoms with Crippen LogP contribution in [0.1, 0.15) is 43.0 Å². The molecule has 1 atom stereocenters. The predicted octanol–water partition coefficient (Wildman–Crippen LogP) is 3.05. The van der Waals surface area contributed by atoms with Gasteiger partial charge < -0.3 is 10.1 Å². The first-order valence-corrected chi connectivity index (χ1v) is 7.11. The zero-order valence-corrected chi connectivity index (χ0v) is 11.9. The smallest absolute Gasteiger partial charge is 0.170 e. The lowest BCUT2D eigenvalue weighted by Crippen LogP contribution is -2.45. The number of hydrogen-bond donors (Lipinski definition) is 1. The fourth-order valence-electron chi connectivity index (χ4n) is 3.04. The van der Waals surface area contributed by atoms with Crippen LogP contribution in [0.2, 0.25) is 0 Å². The fraction of sp³-hybridized carbons (Fsp3) is 0.562. The molecule has 19 heavy (non-hydrogen) atoms. The second-order valence-electron chi connectivity index (χ2n) is 5.37. The highest BCUT2D eigenvalue weighted by Gasteiger charge is 2.38.